The Bertz CT molecular complexity index is 1260. The second-order valence-electron chi connectivity index (χ2n) is 7.93. The molecule has 3 nitrogen and oxygen atoms in total. The number of hydrogen-bond acceptors (Lipinski definition) is 1. The monoisotopic (exact) mass is 537 g/mol. The lowest BCUT2D eigenvalue weighted by Gasteiger charge is -2.19. The predicted molar refractivity (Wildman–Crippen MR) is 135 cm³/mol. The minimum Gasteiger partial charge on any atom is -0.365 e. The van der Waals surface area contributed by atoms with Crippen molar-refractivity contribution in [1.82, 2.24) is 4.57 Å². The van der Waals surface area contributed by atoms with Gasteiger partial charge < -0.3 is 4.74 Å². The van der Waals surface area contributed by atoms with E-state index in [0.29, 0.717) is 33.2 Å². The lowest BCUT2D eigenvalue weighted by atomic mass is 10.1. The van der Waals surface area contributed by atoms with Gasteiger partial charge in [0.15, 0.2) is 0 Å². The van der Waals surface area contributed by atoms with Crippen LogP contribution in [0.2, 0.25) is 20.1 Å². The molecule has 8 heteroatoms. The summed E-state index contributed by atoms with van der Waals surface area (Å²) in [5, 5.41) is 2.22. The van der Waals surface area contributed by atoms with Crippen LogP contribution in [-0.2, 0) is 30.9 Å². The van der Waals surface area contributed by atoms with Crippen molar-refractivity contribution in [3.63, 3.8) is 0 Å². The highest BCUT2D eigenvalue weighted by molar-refractivity contribution is 6.35. The number of aromatic nitrogens is 2. The normalized spacial score (nSPS) is 12.1. The van der Waals surface area contributed by atoms with Crippen molar-refractivity contribution in [2.75, 3.05) is 0 Å². The summed E-state index contributed by atoms with van der Waals surface area (Å²) in [4.78, 5) is 0. The van der Waals surface area contributed by atoms with E-state index in [2.05, 4.69) is 4.57 Å². The molecule has 1 heterocycles. The zero-order valence-electron chi connectivity index (χ0n) is 18.1. The van der Waals surface area contributed by atoms with Crippen LogP contribution in [0.5, 0.6) is 0 Å². The minimum absolute atomic E-state index is 0.227. The van der Waals surface area contributed by atoms with Gasteiger partial charge in [-0.25, -0.2) is 13.5 Å². The molecule has 1 aromatic heterocycles. The number of benzene rings is 3. The van der Waals surface area contributed by atoms with Gasteiger partial charge in [-0.3, -0.25) is 0 Å². The van der Waals surface area contributed by atoms with Crippen LogP contribution in [0.15, 0.2) is 79.4 Å². The number of hydrogen-bond donors (Lipinski definition) is 0. The van der Waals surface area contributed by atoms with Gasteiger partial charge in [-0.1, -0.05) is 70.7 Å². The van der Waals surface area contributed by atoms with E-state index >= 15 is 0 Å². The first-order valence-electron chi connectivity index (χ1n) is 10.7. The molecule has 0 N–H and O–H groups in total. The summed E-state index contributed by atoms with van der Waals surface area (Å²) >= 11 is 25.0. The molecule has 0 fully saturated rings. The van der Waals surface area contributed by atoms with Gasteiger partial charge in [0.25, 0.3) is 0 Å². The molecule has 0 spiro atoms. The molecular weight excluding hydrogens is 517 g/mol. The summed E-state index contributed by atoms with van der Waals surface area (Å²) in [5.74, 6) is -0.227. The number of aryl methyl sites for hydroxylation is 2. The third-order valence-corrected chi connectivity index (χ3v) is 6.61. The minimum atomic E-state index is -0.338. The van der Waals surface area contributed by atoms with Crippen molar-refractivity contribution >= 4 is 46.4 Å². The molecule has 0 saturated heterocycles. The van der Waals surface area contributed by atoms with Gasteiger partial charge in [-0.15, -0.1) is 0 Å². The SMILES string of the molecule is Fc1ccc(CCn2cc[n+](CC(OCc3ccc(Cl)cc3Cl)c3ccc(Cl)cc3Cl)c2)cc1. The van der Waals surface area contributed by atoms with E-state index in [4.69, 9.17) is 51.1 Å². The Morgan fingerprint density at radius 2 is 1.59 bits per heavy atom. The molecule has 0 radical (unpaired) electrons. The van der Waals surface area contributed by atoms with Crippen molar-refractivity contribution in [1.29, 1.82) is 0 Å². The van der Waals surface area contributed by atoms with Gasteiger partial charge in [0.1, 0.15) is 30.9 Å². The molecule has 0 saturated carbocycles. The number of ether oxygens (including phenoxy) is 1. The zero-order valence-corrected chi connectivity index (χ0v) is 21.1. The fourth-order valence-electron chi connectivity index (χ4n) is 3.61. The topological polar surface area (TPSA) is 18.0 Å². The van der Waals surface area contributed by atoms with E-state index in [1.165, 1.54) is 12.1 Å². The number of rotatable bonds is 9. The van der Waals surface area contributed by atoms with Crippen LogP contribution in [0.4, 0.5) is 4.39 Å². The fourth-order valence-corrected chi connectivity index (χ4v) is 4.61. The number of halogens is 5. The number of nitrogens with zero attached hydrogens (tertiary/aromatic N) is 2. The Labute approximate surface area is 218 Å². The summed E-state index contributed by atoms with van der Waals surface area (Å²) in [6.45, 7) is 1.60. The first-order chi connectivity index (χ1) is 16.4. The molecule has 4 rings (SSSR count). The Kier molecular flexibility index (Phi) is 8.51. The molecule has 0 aliphatic heterocycles. The summed E-state index contributed by atoms with van der Waals surface area (Å²) in [7, 11) is 0. The van der Waals surface area contributed by atoms with Gasteiger partial charge in [0, 0.05) is 32.1 Å². The first-order valence-corrected chi connectivity index (χ1v) is 12.2. The zero-order chi connectivity index (χ0) is 24.1. The quantitative estimate of drug-likeness (QED) is 0.199. The van der Waals surface area contributed by atoms with Crippen LogP contribution >= 0.6 is 46.4 Å². The molecule has 0 aliphatic rings. The smallest absolute Gasteiger partial charge is 0.243 e. The van der Waals surface area contributed by atoms with Gasteiger partial charge in [-0.05, 0) is 47.5 Å². The third kappa shape index (κ3) is 6.74. The first kappa shape index (κ1) is 25.0. The van der Waals surface area contributed by atoms with Crippen LogP contribution < -0.4 is 4.57 Å². The van der Waals surface area contributed by atoms with Crippen molar-refractivity contribution in [3.8, 4) is 0 Å². The van der Waals surface area contributed by atoms with Crippen LogP contribution in [0.1, 0.15) is 22.8 Å². The largest absolute Gasteiger partial charge is 0.365 e. The molecular formula is C26H22Cl4FN2O+. The second kappa shape index (κ2) is 11.6. The Hall–Kier alpha value is -2.08. The van der Waals surface area contributed by atoms with E-state index in [0.717, 1.165) is 29.7 Å². The van der Waals surface area contributed by atoms with Crippen molar-refractivity contribution < 1.29 is 13.7 Å². The fraction of sp³-hybridized carbons (Fsp3) is 0.192. The highest BCUT2D eigenvalue weighted by Gasteiger charge is 2.20. The predicted octanol–water partition coefficient (Wildman–Crippen LogP) is 7.73. The van der Waals surface area contributed by atoms with Crippen LogP contribution in [0.3, 0.4) is 0 Å². The average molecular weight is 539 g/mol. The molecule has 176 valence electrons. The maximum absolute atomic E-state index is 13.1. The highest BCUT2D eigenvalue weighted by atomic mass is 35.5. The maximum atomic E-state index is 13.1. The molecule has 0 amide bonds. The van der Waals surface area contributed by atoms with Gasteiger partial charge in [0.05, 0.1) is 13.2 Å². The van der Waals surface area contributed by atoms with Crippen LogP contribution in [0.25, 0.3) is 0 Å². The Balaban J connectivity index is 1.48. The third-order valence-electron chi connectivity index (χ3n) is 5.46. The lowest BCUT2D eigenvalue weighted by Crippen LogP contribution is -2.35. The molecule has 4 aromatic rings. The Morgan fingerprint density at radius 3 is 2.29 bits per heavy atom. The van der Waals surface area contributed by atoms with E-state index in [1.807, 2.05) is 35.4 Å². The standard InChI is InChI=1S/C26H22Cl4FN2O/c27-20-4-3-19(24(29)13-20)16-34-26(23-8-5-21(28)14-25(23)30)15-33-12-11-32(17-33)10-9-18-1-6-22(31)7-2-18/h1-8,11-14,17,26H,9-10,15-16H2/q+1. The lowest BCUT2D eigenvalue weighted by molar-refractivity contribution is -0.704. The van der Waals surface area contributed by atoms with Crippen LogP contribution in [0, 0.1) is 5.82 Å². The number of imidazole rings is 1. The van der Waals surface area contributed by atoms with Crippen molar-refractivity contribution in [3.05, 3.63) is 122 Å². The van der Waals surface area contributed by atoms with E-state index in [-0.39, 0.29) is 11.9 Å². The van der Waals surface area contributed by atoms with E-state index < -0.39 is 0 Å². The molecule has 0 aliphatic carbocycles. The molecule has 1 unspecified atom stereocenters. The highest BCUT2D eigenvalue weighted by Crippen LogP contribution is 2.30. The van der Waals surface area contributed by atoms with Gasteiger partial charge >= 0.3 is 0 Å². The Morgan fingerprint density at radius 1 is 0.882 bits per heavy atom. The van der Waals surface area contributed by atoms with E-state index in [9.17, 15) is 4.39 Å². The second-order valence-corrected chi connectivity index (χ2v) is 9.61. The molecule has 34 heavy (non-hydrogen) atoms. The molecule has 1 atom stereocenters. The summed E-state index contributed by atoms with van der Waals surface area (Å²) in [5.41, 5.74) is 2.75. The average Bonchev–Trinajstić information content (AvgIpc) is 3.25. The van der Waals surface area contributed by atoms with Gasteiger partial charge in [-0.2, -0.15) is 0 Å². The summed E-state index contributed by atoms with van der Waals surface area (Å²) < 4.78 is 23.5. The van der Waals surface area contributed by atoms with Crippen molar-refractivity contribution in [2.45, 2.75) is 32.2 Å². The van der Waals surface area contributed by atoms with Crippen molar-refractivity contribution in [2.24, 2.45) is 0 Å². The van der Waals surface area contributed by atoms with E-state index in [1.54, 1.807) is 36.4 Å². The van der Waals surface area contributed by atoms with Crippen LogP contribution in [-0.4, -0.2) is 4.57 Å². The maximum Gasteiger partial charge on any atom is 0.243 e. The molecule has 0 bridgehead atoms. The van der Waals surface area contributed by atoms with Gasteiger partial charge in [0.2, 0.25) is 6.33 Å². The molecule has 3 aromatic carbocycles. The summed E-state index contributed by atoms with van der Waals surface area (Å²) in [6.07, 6.45) is 6.46. The summed E-state index contributed by atoms with van der Waals surface area (Å²) in [6, 6.07) is 17.3.